The monoisotopic (exact) mass is 426 g/mol. The molecule has 0 bridgehead atoms. The van der Waals surface area contributed by atoms with E-state index in [2.05, 4.69) is 35.8 Å². The maximum Gasteiger partial charge on any atom is 0.321 e. The van der Waals surface area contributed by atoms with Gasteiger partial charge in [-0.1, -0.05) is 67.0 Å². The van der Waals surface area contributed by atoms with E-state index in [9.17, 15) is 4.79 Å². The first-order valence-electron chi connectivity index (χ1n) is 8.62. The van der Waals surface area contributed by atoms with E-state index < -0.39 is 0 Å². The normalized spacial score (nSPS) is 28.8. The molecule has 0 radical (unpaired) electrons. The Labute approximate surface area is 174 Å². The lowest BCUT2D eigenvalue weighted by atomic mass is 10.1. The molecule has 2 aliphatic heterocycles. The average molecular weight is 427 g/mol. The minimum Gasteiger partial charge on any atom is -0.465 e. The van der Waals surface area contributed by atoms with Crippen LogP contribution in [0.25, 0.3) is 0 Å². The molecular weight excluding hydrogens is 404 g/mol. The molecule has 140 valence electrons. The molecule has 2 aliphatic rings. The van der Waals surface area contributed by atoms with E-state index in [0.717, 1.165) is 15.7 Å². The van der Waals surface area contributed by atoms with Crippen LogP contribution in [0.4, 0.5) is 11.4 Å². The van der Waals surface area contributed by atoms with Crippen molar-refractivity contribution in [1.82, 2.24) is 0 Å². The number of hydrogen-bond acceptors (Lipinski definition) is 6. The van der Waals surface area contributed by atoms with Crippen molar-refractivity contribution in [3.8, 4) is 0 Å². The number of nitrogens with zero attached hydrogens (tertiary/aromatic N) is 2. The number of carbonyl (C=O) groups excluding carboxylic acids is 1. The van der Waals surface area contributed by atoms with Crippen molar-refractivity contribution < 1.29 is 9.53 Å². The highest BCUT2D eigenvalue weighted by Gasteiger charge is 2.43. The first-order chi connectivity index (χ1) is 12.4. The van der Waals surface area contributed by atoms with Gasteiger partial charge in [0.25, 0.3) is 0 Å². The average Bonchev–Trinajstić information content (AvgIpc) is 3.03. The summed E-state index contributed by atoms with van der Waals surface area (Å²) in [6.07, 6.45) is 0. The number of esters is 1. The highest BCUT2D eigenvalue weighted by atomic mass is 32.2. The van der Waals surface area contributed by atoms with Gasteiger partial charge in [0.05, 0.1) is 24.0 Å². The maximum absolute atomic E-state index is 12.3. The number of hydrogen-bond donors (Lipinski definition) is 0. The summed E-state index contributed by atoms with van der Waals surface area (Å²) in [4.78, 5) is 16.6. The summed E-state index contributed by atoms with van der Waals surface area (Å²) in [6, 6.07) is 8.36. The molecule has 1 aromatic carbocycles. The zero-order valence-electron chi connectivity index (χ0n) is 15.2. The lowest BCUT2D eigenvalue weighted by Gasteiger charge is -2.32. The lowest BCUT2D eigenvalue weighted by molar-refractivity contribution is -0.142. The van der Waals surface area contributed by atoms with Crippen LogP contribution in [-0.4, -0.2) is 43.8 Å². The Hall–Kier alpha value is -0.830. The fraction of sp³-hybridized carbons (Fsp3) is 0.500. The molecule has 0 saturated carbocycles. The highest BCUT2D eigenvalue weighted by molar-refractivity contribution is 8.24. The topological polar surface area (TPSA) is 32.8 Å². The molecule has 4 nitrogen and oxygen atoms in total. The van der Waals surface area contributed by atoms with Crippen LogP contribution in [0.5, 0.6) is 0 Å². The number of ether oxygens (including phenoxy) is 1. The summed E-state index contributed by atoms with van der Waals surface area (Å²) < 4.78 is 6.80. The number of rotatable bonds is 4. The van der Waals surface area contributed by atoms with E-state index in [1.165, 1.54) is 11.8 Å². The molecule has 0 aliphatic carbocycles. The Bertz CT molecular complexity index is 742. The molecule has 8 heteroatoms. The van der Waals surface area contributed by atoms with Gasteiger partial charge in [-0.25, -0.2) is 0 Å². The molecule has 0 N–H and O–H groups in total. The van der Waals surface area contributed by atoms with Gasteiger partial charge in [0.15, 0.2) is 0 Å². The van der Waals surface area contributed by atoms with Gasteiger partial charge in [-0.3, -0.25) is 4.79 Å². The third-order valence-corrected chi connectivity index (χ3v) is 8.13. The number of thioether (sulfide) groups is 2. The number of thiocarbonyl (C=S) groups is 2. The van der Waals surface area contributed by atoms with Gasteiger partial charge in [0.1, 0.15) is 13.9 Å². The molecular formula is C18H22N2O2S4. The highest BCUT2D eigenvalue weighted by Crippen LogP contribution is 2.44. The summed E-state index contributed by atoms with van der Waals surface area (Å²) >= 11 is 14.4. The quantitative estimate of drug-likeness (QED) is 0.515. The minimum atomic E-state index is -0.313. The van der Waals surface area contributed by atoms with Crippen molar-refractivity contribution in [1.29, 1.82) is 0 Å². The Morgan fingerprint density at radius 3 is 2.08 bits per heavy atom. The van der Waals surface area contributed by atoms with Crippen molar-refractivity contribution >= 4 is 73.9 Å². The van der Waals surface area contributed by atoms with Crippen LogP contribution in [0.3, 0.4) is 0 Å². The van der Waals surface area contributed by atoms with Crippen LogP contribution in [0.15, 0.2) is 24.3 Å². The molecule has 26 heavy (non-hydrogen) atoms. The third-order valence-electron chi connectivity index (χ3n) is 4.76. The summed E-state index contributed by atoms with van der Waals surface area (Å²) in [7, 11) is 0. The smallest absolute Gasteiger partial charge is 0.321 e. The van der Waals surface area contributed by atoms with Gasteiger partial charge >= 0.3 is 5.97 Å². The molecule has 4 atom stereocenters. The Balaban J connectivity index is 1.97. The SMILES string of the molecule is CCOC(=O)C1SC(=S)N(c2ccccc2N2C(=S)SC(C)C2C)C1C. The van der Waals surface area contributed by atoms with Gasteiger partial charge < -0.3 is 14.5 Å². The molecule has 3 rings (SSSR count). The molecule has 0 amide bonds. The van der Waals surface area contributed by atoms with Crippen LogP contribution in [-0.2, 0) is 9.53 Å². The van der Waals surface area contributed by atoms with E-state index in [0.29, 0.717) is 22.2 Å². The van der Waals surface area contributed by atoms with Crippen LogP contribution in [0, 0.1) is 0 Å². The first-order valence-corrected chi connectivity index (χ1v) is 11.2. The number of benzene rings is 1. The van der Waals surface area contributed by atoms with Gasteiger partial charge in [-0.15, -0.1) is 0 Å². The van der Waals surface area contributed by atoms with E-state index in [-0.39, 0.29) is 17.3 Å². The molecule has 2 heterocycles. The Morgan fingerprint density at radius 2 is 1.58 bits per heavy atom. The minimum absolute atomic E-state index is 0.0794. The summed E-state index contributed by atoms with van der Waals surface area (Å²) in [5.41, 5.74) is 2.04. The van der Waals surface area contributed by atoms with E-state index in [1.807, 2.05) is 26.0 Å². The number of para-hydroxylation sites is 2. The predicted molar refractivity (Wildman–Crippen MR) is 121 cm³/mol. The molecule has 0 aromatic heterocycles. The van der Waals surface area contributed by atoms with Gasteiger partial charge in [-0.2, -0.15) is 0 Å². The van der Waals surface area contributed by atoms with Crippen LogP contribution >= 0.6 is 48.0 Å². The second kappa shape index (κ2) is 8.04. The lowest BCUT2D eigenvalue weighted by Crippen LogP contribution is -2.40. The fourth-order valence-electron chi connectivity index (χ4n) is 3.23. The Morgan fingerprint density at radius 1 is 1.04 bits per heavy atom. The predicted octanol–water partition coefficient (Wildman–Crippen LogP) is 4.46. The largest absolute Gasteiger partial charge is 0.465 e. The van der Waals surface area contributed by atoms with E-state index >= 15 is 0 Å². The van der Waals surface area contributed by atoms with Gasteiger partial charge in [-0.05, 0) is 32.9 Å². The van der Waals surface area contributed by atoms with Crippen LogP contribution in [0.2, 0.25) is 0 Å². The second-order valence-corrected chi connectivity index (χ2v) is 10.1. The molecule has 2 saturated heterocycles. The molecule has 4 unspecified atom stereocenters. The standard InChI is InChI=1S/C18H22N2O2S4/c1-5-22-16(21)15-11(3)20(18(24)26-15)14-9-7-6-8-13(14)19-10(2)12(4)25-17(19)23/h6-12,15H,5H2,1-4H3. The zero-order valence-corrected chi connectivity index (χ0v) is 18.4. The van der Waals surface area contributed by atoms with Gasteiger partial charge in [0, 0.05) is 11.3 Å². The first kappa shape index (κ1) is 19.9. The zero-order chi connectivity index (χ0) is 19.0. The molecule has 1 aromatic rings. The van der Waals surface area contributed by atoms with Crippen LogP contribution < -0.4 is 9.80 Å². The third kappa shape index (κ3) is 3.48. The van der Waals surface area contributed by atoms with E-state index in [1.54, 1.807) is 11.8 Å². The summed E-state index contributed by atoms with van der Waals surface area (Å²) in [6.45, 7) is 8.60. The van der Waals surface area contributed by atoms with Crippen LogP contribution in [0.1, 0.15) is 27.7 Å². The summed E-state index contributed by atoms with van der Waals surface area (Å²) in [5.74, 6) is -0.207. The van der Waals surface area contributed by atoms with Gasteiger partial charge in [0.2, 0.25) is 0 Å². The van der Waals surface area contributed by atoms with E-state index in [4.69, 9.17) is 29.2 Å². The van der Waals surface area contributed by atoms with Crippen molar-refractivity contribution in [2.45, 2.75) is 50.3 Å². The number of anilines is 2. The maximum atomic E-state index is 12.3. The van der Waals surface area contributed by atoms with Crippen molar-refractivity contribution in [3.63, 3.8) is 0 Å². The summed E-state index contributed by atoms with van der Waals surface area (Å²) in [5, 5.41) is 0.118. The van der Waals surface area contributed by atoms with Crippen molar-refractivity contribution in [2.75, 3.05) is 16.4 Å². The molecule has 0 spiro atoms. The second-order valence-electron chi connectivity index (χ2n) is 6.36. The molecule has 2 fully saturated rings. The van der Waals surface area contributed by atoms with Crippen molar-refractivity contribution in [2.24, 2.45) is 0 Å². The Kier molecular flexibility index (Phi) is 6.16. The van der Waals surface area contributed by atoms with Crippen molar-refractivity contribution in [3.05, 3.63) is 24.3 Å². The number of carbonyl (C=O) groups is 1. The fourth-order valence-corrected chi connectivity index (χ4v) is 6.62.